The van der Waals surface area contributed by atoms with E-state index in [9.17, 15) is 0 Å². The SMILES string of the molecule is CCC(C)[Se]/C1=C(\Br)CCCCCC1. The van der Waals surface area contributed by atoms with E-state index in [-0.39, 0.29) is 0 Å². The maximum atomic E-state index is 3.79. The second-order valence-electron chi connectivity index (χ2n) is 4.08. The van der Waals surface area contributed by atoms with Crippen molar-refractivity contribution in [3.8, 4) is 0 Å². The third kappa shape index (κ3) is 4.51. The molecule has 0 spiro atoms. The molecule has 0 aromatic rings. The van der Waals surface area contributed by atoms with Gasteiger partial charge in [-0.25, -0.2) is 0 Å². The molecule has 0 aliphatic heterocycles. The summed E-state index contributed by atoms with van der Waals surface area (Å²) in [6.07, 6.45) is 9.69. The fourth-order valence-corrected chi connectivity index (χ4v) is 5.01. The van der Waals surface area contributed by atoms with Crippen LogP contribution >= 0.6 is 15.9 Å². The summed E-state index contributed by atoms with van der Waals surface area (Å²) >= 11 is 4.53. The van der Waals surface area contributed by atoms with E-state index in [0.717, 1.165) is 19.8 Å². The molecule has 0 saturated heterocycles. The molecule has 2 heteroatoms. The fourth-order valence-electron chi connectivity index (χ4n) is 1.64. The molecule has 0 fully saturated rings. The standard InChI is InChI=1S/C12H21BrSe/c1-3-10(2)14-12-9-7-5-4-6-8-11(12)13/h10H,3-9H2,1-2H3/b12-11-. The molecule has 1 rings (SSSR count). The topological polar surface area (TPSA) is 0 Å². The molecule has 0 heterocycles. The van der Waals surface area contributed by atoms with Gasteiger partial charge in [0.2, 0.25) is 0 Å². The minimum atomic E-state index is 0.741. The van der Waals surface area contributed by atoms with Crippen molar-refractivity contribution in [1.82, 2.24) is 0 Å². The Morgan fingerprint density at radius 1 is 1.21 bits per heavy atom. The van der Waals surface area contributed by atoms with Crippen LogP contribution in [0.4, 0.5) is 0 Å². The molecule has 0 saturated carbocycles. The molecule has 1 aliphatic carbocycles. The van der Waals surface area contributed by atoms with Crippen molar-refractivity contribution in [2.75, 3.05) is 0 Å². The van der Waals surface area contributed by atoms with Crippen molar-refractivity contribution in [2.45, 2.75) is 63.6 Å². The summed E-state index contributed by atoms with van der Waals surface area (Å²) in [6, 6.07) is 0. The third-order valence-corrected chi connectivity index (χ3v) is 7.32. The van der Waals surface area contributed by atoms with E-state index in [1.54, 1.807) is 8.95 Å². The van der Waals surface area contributed by atoms with Crippen molar-refractivity contribution in [2.24, 2.45) is 0 Å². The molecule has 82 valence electrons. The molecule has 0 amide bonds. The van der Waals surface area contributed by atoms with Crippen LogP contribution in [0.1, 0.15) is 58.8 Å². The van der Waals surface area contributed by atoms with E-state index in [1.165, 1.54) is 44.9 Å². The van der Waals surface area contributed by atoms with Gasteiger partial charge in [-0.2, -0.15) is 0 Å². The van der Waals surface area contributed by atoms with Crippen molar-refractivity contribution >= 4 is 30.9 Å². The van der Waals surface area contributed by atoms with Crippen LogP contribution in [0.2, 0.25) is 4.82 Å². The van der Waals surface area contributed by atoms with Gasteiger partial charge in [-0.15, -0.1) is 0 Å². The van der Waals surface area contributed by atoms with Gasteiger partial charge in [-0.05, 0) is 0 Å². The Morgan fingerprint density at radius 3 is 2.50 bits per heavy atom. The Bertz CT molecular complexity index is 198. The monoisotopic (exact) mass is 324 g/mol. The minimum absolute atomic E-state index is 0.741. The molecule has 1 atom stereocenters. The molecular formula is C12H21BrSe. The van der Waals surface area contributed by atoms with Crippen LogP contribution in [0.5, 0.6) is 0 Å². The number of allylic oxidation sites excluding steroid dienone is 2. The summed E-state index contributed by atoms with van der Waals surface area (Å²) in [5.41, 5.74) is 0. The van der Waals surface area contributed by atoms with Gasteiger partial charge >= 0.3 is 103 Å². The summed E-state index contributed by atoms with van der Waals surface area (Å²) < 4.78 is 3.32. The van der Waals surface area contributed by atoms with Gasteiger partial charge in [0.25, 0.3) is 0 Å². The molecular weight excluding hydrogens is 303 g/mol. The van der Waals surface area contributed by atoms with Gasteiger partial charge in [0.05, 0.1) is 0 Å². The molecule has 0 nitrogen and oxygen atoms in total. The van der Waals surface area contributed by atoms with E-state index in [4.69, 9.17) is 0 Å². The van der Waals surface area contributed by atoms with Crippen LogP contribution in [0.25, 0.3) is 0 Å². The Balaban J connectivity index is 2.55. The van der Waals surface area contributed by atoms with Crippen molar-refractivity contribution < 1.29 is 0 Å². The Kier molecular flexibility index (Phi) is 6.48. The molecule has 1 unspecified atom stereocenters. The number of hydrogen-bond donors (Lipinski definition) is 0. The fraction of sp³-hybridized carbons (Fsp3) is 0.833. The number of rotatable bonds is 3. The number of halogens is 1. The zero-order valence-corrected chi connectivity index (χ0v) is 12.6. The van der Waals surface area contributed by atoms with E-state index < -0.39 is 0 Å². The quantitative estimate of drug-likeness (QED) is 0.650. The summed E-state index contributed by atoms with van der Waals surface area (Å²) in [5.74, 6) is 0. The summed E-state index contributed by atoms with van der Waals surface area (Å²) in [7, 11) is 0. The van der Waals surface area contributed by atoms with E-state index in [0.29, 0.717) is 0 Å². The Morgan fingerprint density at radius 2 is 1.86 bits per heavy atom. The van der Waals surface area contributed by atoms with Gasteiger partial charge in [-0.1, -0.05) is 0 Å². The van der Waals surface area contributed by atoms with Crippen LogP contribution < -0.4 is 0 Å². The van der Waals surface area contributed by atoms with Gasteiger partial charge in [0, 0.05) is 0 Å². The predicted molar refractivity (Wildman–Crippen MR) is 69.1 cm³/mol. The predicted octanol–water partition coefficient (Wildman–Crippen LogP) is 4.87. The first-order valence-electron chi connectivity index (χ1n) is 5.78. The first kappa shape index (κ1) is 12.8. The average Bonchev–Trinajstić information content (AvgIpc) is 2.17. The van der Waals surface area contributed by atoms with E-state index >= 15 is 0 Å². The Hall–Kier alpha value is 0.739. The molecule has 0 aromatic carbocycles. The molecule has 0 aromatic heterocycles. The second-order valence-corrected chi connectivity index (χ2v) is 8.25. The summed E-state index contributed by atoms with van der Waals surface area (Å²) in [6.45, 7) is 4.70. The van der Waals surface area contributed by atoms with Crippen LogP contribution in [-0.4, -0.2) is 15.0 Å². The molecule has 0 radical (unpaired) electrons. The van der Waals surface area contributed by atoms with E-state index in [2.05, 4.69) is 29.8 Å². The molecule has 1 aliphatic rings. The summed E-state index contributed by atoms with van der Waals surface area (Å²) in [4.78, 5) is 0.921. The van der Waals surface area contributed by atoms with E-state index in [1.807, 2.05) is 0 Å². The zero-order valence-electron chi connectivity index (χ0n) is 9.31. The van der Waals surface area contributed by atoms with Crippen LogP contribution in [0.3, 0.4) is 0 Å². The van der Waals surface area contributed by atoms with Crippen LogP contribution in [0.15, 0.2) is 8.95 Å². The first-order valence-corrected chi connectivity index (χ1v) is 8.42. The number of hydrogen-bond acceptors (Lipinski definition) is 0. The normalized spacial score (nSPS) is 26.8. The van der Waals surface area contributed by atoms with Crippen molar-refractivity contribution in [3.63, 3.8) is 0 Å². The van der Waals surface area contributed by atoms with Crippen molar-refractivity contribution in [1.29, 1.82) is 0 Å². The van der Waals surface area contributed by atoms with Crippen LogP contribution in [-0.2, 0) is 0 Å². The third-order valence-electron chi connectivity index (χ3n) is 2.77. The maximum absolute atomic E-state index is 3.79. The first-order chi connectivity index (χ1) is 6.74. The van der Waals surface area contributed by atoms with Crippen LogP contribution in [0, 0.1) is 0 Å². The molecule has 0 bridgehead atoms. The van der Waals surface area contributed by atoms with Gasteiger partial charge in [0.1, 0.15) is 0 Å². The van der Waals surface area contributed by atoms with Crippen molar-refractivity contribution in [3.05, 3.63) is 8.95 Å². The second kappa shape index (κ2) is 7.09. The van der Waals surface area contributed by atoms with Gasteiger partial charge in [-0.3, -0.25) is 0 Å². The molecule has 0 N–H and O–H groups in total. The Labute approximate surface area is 103 Å². The average molecular weight is 324 g/mol. The van der Waals surface area contributed by atoms with Gasteiger partial charge < -0.3 is 0 Å². The molecule has 14 heavy (non-hydrogen) atoms. The zero-order chi connectivity index (χ0) is 10.4. The summed E-state index contributed by atoms with van der Waals surface area (Å²) in [5, 5.41) is 0. The van der Waals surface area contributed by atoms with Gasteiger partial charge in [0.15, 0.2) is 0 Å².